The first-order valence-electron chi connectivity index (χ1n) is 3.39. The van der Waals surface area contributed by atoms with Gasteiger partial charge in [-0.05, 0) is 0 Å². The molecule has 6 heteroatoms. The van der Waals surface area contributed by atoms with Crippen LogP contribution in [0, 0.1) is 0 Å². The second-order valence-corrected chi connectivity index (χ2v) is 7.53. The molecule has 68 valence electrons. The molecule has 0 bridgehead atoms. The van der Waals surface area contributed by atoms with E-state index in [0.717, 1.165) is 5.67 Å². The van der Waals surface area contributed by atoms with Gasteiger partial charge in [-0.2, -0.15) is 0 Å². The third-order valence-electron chi connectivity index (χ3n) is 1.44. The van der Waals surface area contributed by atoms with Crippen molar-refractivity contribution < 1.29 is 17.7 Å². The van der Waals surface area contributed by atoms with Gasteiger partial charge in [0.25, 0.3) is 0 Å². The van der Waals surface area contributed by atoms with Gasteiger partial charge < -0.3 is 17.7 Å². The molecule has 0 radical (unpaired) electrons. The van der Waals surface area contributed by atoms with Gasteiger partial charge in [0.15, 0.2) is 0 Å². The first-order chi connectivity index (χ1) is 5.28. The summed E-state index contributed by atoms with van der Waals surface area (Å²) in [5.41, 5.74) is 0.847. The molecule has 4 nitrogen and oxygen atoms in total. The Morgan fingerprint density at radius 3 is 1.18 bits per heavy atom. The number of rotatable bonds is 6. The van der Waals surface area contributed by atoms with Crippen molar-refractivity contribution in [2.75, 3.05) is 28.4 Å². The van der Waals surface area contributed by atoms with E-state index in [1.807, 2.05) is 0 Å². The largest absolute Gasteiger partial charge is 0.400 e. The molecule has 11 heavy (non-hydrogen) atoms. The van der Waals surface area contributed by atoms with Crippen molar-refractivity contribution in [1.82, 2.24) is 0 Å². The number of hydrogen-bond donors (Lipinski definition) is 0. The fourth-order valence-corrected chi connectivity index (χ4v) is 5.46. The Bertz CT molecular complexity index is 74.6. The molecule has 0 unspecified atom stereocenters. The summed E-state index contributed by atoms with van der Waals surface area (Å²) in [4.78, 5) is 0. The Labute approximate surface area is 71.1 Å². The SMILES string of the molecule is CO[SiH](C[SiH](OC)OC)OC. The molecule has 0 aliphatic rings. The summed E-state index contributed by atoms with van der Waals surface area (Å²) in [5.74, 6) is 0. The van der Waals surface area contributed by atoms with E-state index >= 15 is 0 Å². The Balaban J connectivity index is 3.58. The molecule has 0 aliphatic carbocycles. The lowest BCUT2D eigenvalue weighted by molar-refractivity contribution is 0.258. The summed E-state index contributed by atoms with van der Waals surface area (Å²) in [7, 11) is 3.71. The van der Waals surface area contributed by atoms with Crippen LogP contribution in [-0.4, -0.2) is 47.0 Å². The molecule has 0 spiro atoms. The van der Waals surface area contributed by atoms with E-state index in [9.17, 15) is 0 Å². The molecule has 0 atom stereocenters. The zero-order chi connectivity index (χ0) is 8.69. The molecule has 0 fully saturated rings. The highest BCUT2D eigenvalue weighted by molar-refractivity contribution is 6.64. The zero-order valence-electron chi connectivity index (χ0n) is 7.49. The number of hydrogen-bond acceptors (Lipinski definition) is 4. The van der Waals surface area contributed by atoms with Gasteiger partial charge in [-0.25, -0.2) is 0 Å². The van der Waals surface area contributed by atoms with Crippen molar-refractivity contribution in [3.05, 3.63) is 0 Å². The van der Waals surface area contributed by atoms with E-state index in [4.69, 9.17) is 17.7 Å². The molecular formula is C5H16O4Si2. The van der Waals surface area contributed by atoms with Gasteiger partial charge >= 0.3 is 18.6 Å². The van der Waals surface area contributed by atoms with Gasteiger partial charge in [-0.3, -0.25) is 0 Å². The van der Waals surface area contributed by atoms with Crippen LogP contribution in [0.15, 0.2) is 0 Å². The summed E-state index contributed by atoms with van der Waals surface area (Å²) >= 11 is 0. The van der Waals surface area contributed by atoms with E-state index in [1.54, 1.807) is 28.4 Å². The Hall–Kier alpha value is 0.274. The summed E-state index contributed by atoms with van der Waals surface area (Å²) < 4.78 is 20.5. The van der Waals surface area contributed by atoms with Crippen LogP contribution in [0.3, 0.4) is 0 Å². The maximum Gasteiger partial charge on any atom is 0.322 e. The van der Waals surface area contributed by atoms with E-state index in [1.165, 1.54) is 0 Å². The molecule has 0 heterocycles. The highest BCUT2D eigenvalue weighted by atomic mass is 28.4. The Morgan fingerprint density at radius 2 is 1.00 bits per heavy atom. The van der Waals surface area contributed by atoms with Crippen LogP contribution in [0.5, 0.6) is 0 Å². The van der Waals surface area contributed by atoms with Gasteiger partial charge in [-0.15, -0.1) is 0 Å². The molecule has 0 amide bonds. The molecule has 0 aromatic heterocycles. The lowest BCUT2D eigenvalue weighted by Gasteiger charge is -2.15. The lowest BCUT2D eigenvalue weighted by Crippen LogP contribution is -2.31. The summed E-state index contributed by atoms with van der Waals surface area (Å²) in [6.07, 6.45) is 0. The first-order valence-corrected chi connectivity index (χ1v) is 6.91. The Kier molecular flexibility index (Phi) is 7.12. The van der Waals surface area contributed by atoms with E-state index in [-0.39, 0.29) is 0 Å². The van der Waals surface area contributed by atoms with Crippen molar-refractivity contribution in [1.29, 1.82) is 0 Å². The third kappa shape index (κ3) is 4.67. The molecule has 0 N–H and O–H groups in total. The smallest absolute Gasteiger partial charge is 0.322 e. The molecule has 0 saturated carbocycles. The molecule has 0 saturated heterocycles. The van der Waals surface area contributed by atoms with Crippen LogP contribution in [0.1, 0.15) is 0 Å². The monoisotopic (exact) mass is 196 g/mol. The van der Waals surface area contributed by atoms with Crippen molar-refractivity contribution in [2.45, 2.75) is 5.67 Å². The van der Waals surface area contributed by atoms with Gasteiger partial charge in [0.05, 0.1) is 0 Å². The fourth-order valence-electron chi connectivity index (χ4n) is 0.734. The maximum atomic E-state index is 5.12. The van der Waals surface area contributed by atoms with E-state index < -0.39 is 18.6 Å². The van der Waals surface area contributed by atoms with Crippen LogP contribution in [0.4, 0.5) is 0 Å². The molecular weight excluding hydrogens is 180 g/mol. The molecule has 0 aromatic rings. The van der Waals surface area contributed by atoms with Crippen molar-refractivity contribution in [2.24, 2.45) is 0 Å². The summed E-state index contributed by atoms with van der Waals surface area (Å²) in [5, 5.41) is 0. The van der Waals surface area contributed by atoms with Crippen molar-refractivity contribution >= 4 is 18.6 Å². The van der Waals surface area contributed by atoms with Crippen LogP contribution < -0.4 is 0 Å². The normalized spacial score (nSPS) is 11.5. The minimum atomic E-state index is -1.47. The summed E-state index contributed by atoms with van der Waals surface area (Å²) in [6, 6.07) is 0. The van der Waals surface area contributed by atoms with Gasteiger partial charge in [0, 0.05) is 34.1 Å². The molecule has 0 aliphatic heterocycles. The first kappa shape index (κ1) is 11.3. The topological polar surface area (TPSA) is 36.9 Å². The van der Waals surface area contributed by atoms with Gasteiger partial charge in [-0.1, -0.05) is 0 Å². The average Bonchev–Trinajstić information content (AvgIpc) is 2.07. The third-order valence-corrected chi connectivity index (χ3v) is 6.62. The van der Waals surface area contributed by atoms with E-state index in [0.29, 0.717) is 0 Å². The van der Waals surface area contributed by atoms with Crippen LogP contribution in [-0.2, 0) is 17.7 Å². The maximum absolute atomic E-state index is 5.12. The van der Waals surface area contributed by atoms with Gasteiger partial charge in [0.1, 0.15) is 0 Å². The van der Waals surface area contributed by atoms with Crippen LogP contribution >= 0.6 is 0 Å². The lowest BCUT2D eigenvalue weighted by atomic mass is 11.8. The van der Waals surface area contributed by atoms with Crippen LogP contribution in [0.2, 0.25) is 5.67 Å². The van der Waals surface area contributed by atoms with Gasteiger partial charge in [0.2, 0.25) is 0 Å². The second-order valence-electron chi connectivity index (χ2n) is 2.04. The quantitative estimate of drug-likeness (QED) is 0.539. The highest BCUT2D eigenvalue weighted by Gasteiger charge is 2.19. The minimum absolute atomic E-state index is 0.847. The highest BCUT2D eigenvalue weighted by Crippen LogP contribution is 2.00. The molecule has 0 aromatic carbocycles. The fraction of sp³-hybridized carbons (Fsp3) is 1.00. The summed E-state index contributed by atoms with van der Waals surface area (Å²) in [6.45, 7) is 0. The van der Waals surface area contributed by atoms with Crippen LogP contribution in [0.25, 0.3) is 0 Å². The standard InChI is InChI=1S/C5H16O4Si2/c1-6-10(7-2)5-11(8-3)9-4/h10-11H,5H2,1-4H3. The minimum Gasteiger partial charge on any atom is -0.400 e. The zero-order valence-corrected chi connectivity index (χ0v) is 9.80. The molecule has 0 rings (SSSR count). The average molecular weight is 196 g/mol. The van der Waals surface area contributed by atoms with Crippen molar-refractivity contribution in [3.63, 3.8) is 0 Å². The second kappa shape index (κ2) is 6.95. The van der Waals surface area contributed by atoms with Crippen molar-refractivity contribution in [3.8, 4) is 0 Å². The predicted molar refractivity (Wildman–Crippen MR) is 47.1 cm³/mol. The van der Waals surface area contributed by atoms with E-state index in [2.05, 4.69) is 0 Å². The Morgan fingerprint density at radius 1 is 0.727 bits per heavy atom. The predicted octanol–water partition coefficient (Wildman–Crippen LogP) is -0.448.